The molecule has 0 aliphatic heterocycles. The van der Waals surface area contributed by atoms with Crippen molar-refractivity contribution in [1.29, 1.82) is 0 Å². The lowest BCUT2D eigenvalue weighted by atomic mass is 10.1. The molecule has 2 aromatic rings. The molecular weight excluding hydrogens is 204 g/mol. The molecule has 1 amide bonds. The van der Waals surface area contributed by atoms with E-state index >= 15 is 0 Å². The monoisotopic (exact) mass is 218 g/mol. The summed E-state index contributed by atoms with van der Waals surface area (Å²) in [5.41, 5.74) is 8.35. The molecule has 1 heterocycles. The number of aryl methyl sites for hydroxylation is 1. The topological polar surface area (TPSA) is 68.1 Å². The molecule has 3 N–H and O–H groups in total. The summed E-state index contributed by atoms with van der Waals surface area (Å²) in [5, 5.41) is 1.17. The molecule has 0 bridgehead atoms. The zero-order valence-electron chi connectivity index (χ0n) is 9.12. The fourth-order valence-electron chi connectivity index (χ4n) is 1.76. The van der Waals surface area contributed by atoms with E-state index in [-0.39, 0.29) is 0 Å². The van der Waals surface area contributed by atoms with Crippen LogP contribution in [-0.4, -0.2) is 17.7 Å². The SMILES string of the molecule is Cc1ccc2[nH]cc(CCOC(N)=O)c2c1. The Hall–Kier alpha value is -1.97. The summed E-state index contributed by atoms with van der Waals surface area (Å²) < 4.78 is 4.72. The van der Waals surface area contributed by atoms with Crippen LogP contribution >= 0.6 is 0 Å². The lowest BCUT2D eigenvalue weighted by molar-refractivity contribution is 0.158. The number of nitrogens with one attached hydrogen (secondary N) is 1. The molecule has 0 radical (unpaired) electrons. The van der Waals surface area contributed by atoms with E-state index in [0.29, 0.717) is 13.0 Å². The maximum Gasteiger partial charge on any atom is 0.404 e. The number of fused-ring (bicyclic) bond motifs is 1. The van der Waals surface area contributed by atoms with Crippen molar-refractivity contribution < 1.29 is 9.53 Å². The van der Waals surface area contributed by atoms with Crippen LogP contribution < -0.4 is 5.73 Å². The average molecular weight is 218 g/mol. The van der Waals surface area contributed by atoms with Crippen molar-refractivity contribution in [2.75, 3.05) is 6.61 Å². The van der Waals surface area contributed by atoms with Gasteiger partial charge in [-0.15, -0.1) is 0 Å². The smallest absolute Gasteiger partial charge is 0.404 e. The van der Waals surface area contributed by atoms with Gasteiger partial charge in [-0.25, -0.2) is 4.79 Å². The van der Waals surface area contributed by atoms with Gasteiger partial charge < -0.3 is 15.5 Å². The molecule has 4 nitrogen and oxygen atoms in total. The van der Waals surface area contributed by atoms with Gasteiger partial charge in [0.15, 0.2) is 0 Å². The van der Waals surface area contributed by atoms with Crippen molar-refractivity contribution in [2.24, 2.45) is 5.73 Å². The van der Waals surface area contributed by atoms with E-state index in [4.69, 9.17) is 10.5 Å². The molecule has 0 aliphatic rings. The first kappa shape index (κ1) is 10.5. The van der Waals surface area contributed by atoms with E-state index in [1.807, 2.05) is 12.3 Å². The number of nitrogens with two attached hydrogens (primary N) is 1. The number of carbonyl (C=O) groups is 1. The van der Waals surface area contributed by atoms with Crippen molar-refractivity contribution in [3.05, 3.63) is 35.5 Å². The second kappa shape index (κ2) is 4.26. The third kappa shape index (κ3) is 2.16. The molecule has 0 aliphatic carbocycles. The first-order valence-corrected chi connectivity index (χ1v) is 5.15. The van der Waals surface area contributed by atoms with E-state index in [1.54, 1.807) is 0 Å². The molecule has 0 atom stereocenters. The van der Waals surface area contributed by atoms with Crippen LogP contribution in [0.25, 0.3) is 10.9 Å². The van der Waals surface area contributed by atoms with Crippen molar-refractivity contribution >= 4 is 17.0 Å². The molecule has 0 fully saturated rings. The number of benzene rings is 1. The highest BCUT2D eigenvalue weighted by Crippen LogP contribution is 2.19. The first-order chi connectivity index (χ1) is 7.66. The highest BCUT2D eigenvalue weighted by molar-refractivity contribution is 5.83. The summed E-state index contributed by atoms with van der Waals surface area (Å²) in [6.45, 7) is 2.37. The van der Waals surface area contributed by atoms with Gasteiger partial charge in [-0.1, -0.05) is 11.6 Å². The lowest BCUT2D eigenvalue weighted by Gasteiger charge is -2.01. The van der Waals surface area contributed by atoms with Crippen molar-refractivity contribution in [3.63, 3.8) is 0 Å². The number of aromatic nitrogens is 1. The number of carbonyl (C=O) groups excluding carboxylic acids is 1. The summed E-state index contributed by atoms with van der Waals surface area (Å²) in [5.74, 6) is 0. The molecule has 16 heavy (non-hydrogen) atoms. The summed E-state index contributed by atoms with van der Waals surface area (Å²) in [4.78, 5) is 13.6. The number of hydrogen-bond acceptors (Lipinski definition) is 2. The minimum Gasteiger partial charge on any atom is -0.449 e. The molecule has 0 spiro atoms. The summed E-state index contributed by atoms with van der Waals surface area (Å²) >= 11 is 0. The van der Waals surface area contributed by atoms with Crippen LogP contribution in [0, 0.1) is 6.92 Å². The predicted molar refractivity (Wildman–Crippen MR) is 62.3 cm³/mol. The van der Waals surface area contributed by atoms with Crippen LogP contribution in [0.2, 0.25) is 0 Å². The van der Waals surface area contributed by atoms with Gasteiger partial charge in [0.25, 0.3) is 0 Å². The fraction of sp³-hybridized carbons (Fsp3) is 0.250. The number of amides is 1. The predicted octanol–water partition coefficient (Wildman–Crippen LogP) is 2.11. The number of hydrogen-bond donors (Lipinski definition) is 2. The fourth-order valence-corrected chi connectivity index (χ4v) is 1.76. The minimum absolute atomic E-state index is 0.316. The molecule has 2 rings (SSSR count). The molecule has 0 saturated carbocycles. The molecule has 0 saturated heterocycles. The third-order valence-electron chi connectivity index (χ3n) is 2.54. The van der Waals surface area contributed by atoms with Gasteiger partial charge >= 0.3 is 6.09 Å². The van der Waals surface area contributed by atoms with Crippen molar-refractivity contribution in [1.82, 2.24) is 4.98 Å². The number of primary amides is 1. The summed E-state index contributed by atoms with van der Waals surface area (Å²) in [6, 6.07) is 6.22. The maximum atomic E-state index is 10.4. The highest BCUT2D eigenvalue weighted by Gasteiger charge is 2.04. The average Bonchev–Trinajstić information content (AvgIpc) is 2.60. The van der Waals surface area contributed by atoms with E-state index in [1.165, 1.54) is 10.9 Å². The number of rotatable bonds is 3. The number of ether oxygens (including phenoxy) is 1. The number of H-pyrrole nitrogens is 1. The van der Waals surface area contributed by atoms with Gasteiger partial charge in [0.2, 0.25) is 0 Å². The molecular formula is C12H14N2O2. The van der Waals surface area contributed by atoms with Crippen LogP contribution in [0.5, 0.6) is 0 Å². The lowest BCUT2D eigenvalue weighted by Crippen LogP contribution is -2.14. The van der Waals surface area contributed by atoms with Gasteiger partial charge in [-0.3, -0.25) is 0 Å². The Morgan fingerprint density at radius 3 is 3.06 bits per heavy atom. The van der Waals surface area contributed by atoms with Crippen molar-refractivity contribution in [2.45, 2.75) is 13.3 Å². The molecule has 1 aromatic carbocycles. The Kier molecular flexibility index (Phi) is 2.81. The molecule has 4 heteroatoms. The summed E-state index contributed by atoms with van der Waals surface area (Å²) in [7, 11) is 0. The van der Waals surface area contributed by atoms with Gasteiger partial charge in [0.05, 0.1) is 6.61 Å². The zero-order chi connectivity index (χ0) is 11.5. The third-order valence-corrected chi connectivity index (χ3v) is 2.54. The second-order valence-electron chi connectivity index (χ2n) is 3.78. The van der Waals surface area contributed by atoms with Crippen LogP contribution in [0.15, 0.2) is 24.4 Å². The second-order valence-corrected chi connectivity index (χ2v) is 3.78. The zero-order valence-corrected chi connectivity index (χ0v) is 9.12. The van der Waals surface area contributed by atoms with Gasteiger partial charge in [0, 0.05) is 23.5 Å². The summed E-state index contributed by atoms with van der Waals surface area (Å²) in [6.07, 6.45) is 1.89. The van der Waals surface area contributed by atoms with E-state index < -0.39 is 6.09 Å². The molecule has 0 unspecified atom stereocenters. The van der Waals surface area contributed by atoms with Gasteiger partial charge in [-0.05, 0) is 24.6 Å². The van der Waals surface area contributed by atoms with E-state index in [2.05, 4.69) is 24.0 Å². The highest BCUT2D eigenvalue weighted by atomic mass is 16.5. The Bertz CT molecular complexity index is 517. The molecule has 1 aromatic heterocycles. The van der Waals surface area contributed by atoms with Crippen LogP contribution in [0.1, 0.15) is 11.1 Å². The Morgan fingerprint density at radius 1 is 1.50 bits per heavy atom. The standard InChI is InChI=1S/C12H14N2O2/c1-8-2-3-11-10(6-8)9(7-14-11)4-5-16-12(13)15/h2-3,6-7,14H,4-5H2,1H3,(H2,13,15). The Morgan fingerprint density at radius 2 is 2.31 bits per heavy atom. The Labute approximate surface area is 93.4 Å². The van der Waals surface area contributed by atoms with E-state index in [0.717, 1.165) is 11.1 Å². The Balaban J connectivity index is 2.17. The van der Waals surface area contributed by atoms with Crippen LogP contribution in [0.4, 0.5) is 4.79 Å². The first-order valence-electron chi connectivity index (χ1n) is 5.15. The maximum absolute atomic E-state index is 10.4. The van der Waals surface area contributed by atoms with Crippen molar-refractivity contribution in [3.8, 4) is 0 Å². The largest absolute Gasteiger partial charge is 0.449 e. The van der Waals surface area contributed by atoms with Crippen LogP contribution in [0.3, 0.4) is 0 Å². The minimum atomic E-state index is -0.726. The van der Waals surface area contributed by atoms with E-state index in [9.17, 15) is 4.79 Å². The molecule has 84 valence electrons. The van der Waals surface area contributed by atoms with Gasteiger partial charge in [-0.2, -0.15) is 0 Å². The van der Waals surface area contributed by atoms with Crippen LogP contribution in [-0.2, 0) is 11.2 Å². The number of aromatic amines is 1. The normalized spacial score (nSPS) is 10.6. The van der Waals surface area contributed by atoms with Gasteiger partial charge in [0.1, 0.15) is 0 Å². The quantitative estimate of drug-likeness (QED) is 0.828.